The van der Waals surface area contributed by atoms with Gasteiger partial charge in [-0.25, -0.2) is 0 Å². The number of halogens is 1. The molecule has 0 aliphatic carbocycles. The molecule has 0 aliphatic rings. The molecule has 0 saturated heterocycles. The number of hydrogen-bond donors (Lipinski definition) is 2. The smallest absolute Gasteiger partial charge is 0.234 e. The van der Waals surface area contributed by atoms with Crippen LogP contribution in [0.15, 0.2) is 47.4 Å². The Bertz CT molecular complexity index is 676. The fourth-order valence-electron chi connectivity index (χ4n) is 2.25. The standard InChI is InChI=1S/C19H24N2OS.ClH/c1-4-20-12-16-7-5-6-8-17(16)21-19(22)13-23-18-11-14(2)9-10-15(18)3;/h5-11,20H,4,12-13H2,1-3H3,(H,21,22);1H. The molecule has 2 N–H and O–H groups in total. The first-order chi connectivity index (χ1) is 11.1. The molecule has 0 aromatic heterocycles. The summed E-state index contributed by atoms with van der Waals surface area (Å²) < 4.78 is 0. The zero-order chi connectivity index (χ0) is 16.7. The summed E-state index contributed by atoms with van der Waals surface area (Å²) in [5.41, 5.74) is 4.43. The number of nitrogens with one attached hydrogen (secondary N) is 2. The lowest BCUT2D eigenvalue weighted by Crippen LogP contribution is -2.18. The third-order valence-electron chi connectivity index (χ3n) is 3.56. The molecule has 0 unspecified atom stereocenters. The fourth-order valence-corrected chi connectivity index (χ4v) is 3.17. The van der Waals surface area contributed by atoms with E-state index < -0.39 is 0 Å². The molecular formula is C19H25ClN2OS. The minimum Gasteiger partial charge on any atom is -0.325 e. The van der Waals surface area contributed by atoms with E-state index in [-0.39, 0.29) is 18.3 Å². The maximum Gasteiger partial charge on any atom is 0.234 e. The number of carbonyl (C=O) groups excluding carboxylic acids is 1. The van der Waals surface area contributed by atoms with Gasteiger partial charge < -0.3 is 10.6 Å². The third-order valence-corrected chi connectivity index (χ3v) is 4.72. The molecule has 0 aliphatic heterocycles. The Kier molecular flexibility index (Phi) is 8.90. The second kappa shape index (κ2) is 10.4. The van der Waals surface area contributed by atoms with E-state index in [0.29, 0.717) is 5.75 Å². The van der Waals surface area contributed by atoms with Gasteiger partial charge in [-0.2, -0.15) is 0 Å². The molecule has 5 heteroatoms. The van der Waals surface area contributed by atoms with Crippen molar-refractivity contribution in [2.24, 2.45) is 0 Å². The lowest BCUT2D eigenvalue weighted by atomic mass is 10.1. The molecule has 130 valence electrons. The highest BCUT2D eigenvalue weighted by molar-refractivity contribution is 8.00. The fraction of sp³-hybridized carbons (Fsp3) is 0.316. The van der Waals surface area contributed by atoms with Crippen molar-refractivity contribution >= 4 is 35.8 Å². The Morgan fingerprint density at radius 3 is 2.62 bits per heavy atom. The van der Waals surface area contributed by atoms with Gasteiger partial charge in [-0.05, 0) is 43.7 Å². The molecule has 2 aromatic rings. The zero-order valence-corrected chi connectivity index (χ0v) is 16.0. The van der Waals surface area contributed by atoms with E-state index in [2.05, 4.69) is 49.6 Å². The van der Waals surface area contributed by atoms with E-state index in [1.54, 1.807) is 11.8 Å². The van der Waals surface area contributed by atoms with Crippen LogP contribution in [0.4, 0.5) is 5.69 Å². The number of amides is 1. The monoisotopic (exact) mass is 364 g/mol. The Morgan fingerprint density at radius 1 is 1.12 bits per heavy atom. The summed E-state index contributed by atoms with van der Waals surface area (Å²) in [5, 5.41) is 6.32. The predicted molar refractivity (Wildman–Crippen MR) is 106 cm³/mol. The summed E-state index contributed by atoms with van der Waals surface area (Å²) in [6, 6.07) is 14.3. The Hall–Kier alpha value is -1.49. The number of hydrogen-bond acceptors (Lipinski definition) is 3. The predicted octanol–water partition coefficient (Wildman–Crippen LogP) is 4.57. The van der Waals surface area contributed by atoms with E-state index >= 15 is 0 Å². The Labute approximate surface area is 155 Å². The summed E-state index contributed by atoms with van der Waals surface area (Å²) in [6.07, 6.45) is 0. The summed E-state index contributed by atoms with van der Waals surface area (Å²) in [6.45, 7) is 7.88. The van der Waals surface area contributed by atoms with Crippen LogP contribution in [0.25, 0.3) is 0 Å². The highest BCUT2D eigenvalue weighted by atomic mass is 35.5. The molecule has 0 saturated carbocycles. The van der Waals surface area contributed by atoms with Gasteiger partial charge in [0, 0.05) is 17.1 Å². The Balaban J connectivity index is 0.00000288. The maximum atomic E-state index is 12.3. The number of benzene rings is 2. The summed E-state index contributed by atoms with van der Waals surface area (Å²) in [4.78, 5) is 13.4. The lowest BCUT2D eigenvalue weighted by molar-refractivity contribution is -0.113. The number of thioether (sulfide) groups is 1. The molecule has 1 amide bonds. The second-order valence-corrected chi connectivity index (χ2v) is 6.56. The van der Waals surface area contributed by atoms with Crippen molar-refractivity contribution in [3.8, 4) is 0 Å². The minimum absolute atomic E-state index is 0. The van der Waals surface area contributed by atoms with Crippen LogP contribution in [0.5, 0.6) is 0 Å². The second-order valence-electron chi connectivity index (χ2n) is 5.54. The molecule has 3 nitrogen and oxygen atoms in total. The molecule has 2 aromatic carbocycles. The highest BCUT2D eigenvalue weighted by Crippen LogP contribution is 2.24. The van der Waals surface area contributed by atoms with Gasteiger partial charge in [0.15, 0.2) is 0 Å². The van der Waals surface area contributed by atoms with Crippen LogP contribution in [-0.4, -0.2) is 18.2 Å². The molecule has 0 radical (unpaired) electrons. The minimum atomic E-state index is 0. The van der Waals surface area contributed by atoms with Gasteiger partial charge in [0.25, 0.3) is 0 Å². The quantitative estimate of drug-likeness (QED) is 0.707. The van der Waals surface area contributed by atoms with Gasteiger partial charge in [-0.15, -0.1) is 24.2 Å². The van der Waals surface area contributed by atoms with Crippen LogP contribution in [0.2, 0.25) is 0 Å². The van der Waals surface area contributed by atoms with Crippen LogP contribution < -0.4 is 10.6 Å². The summed E-state index contributed by atoms with van der Waals surface area (Å²) in [5.74, 6) is 0.444. The zero-order valence-electron chi connectivity index (χ0n) is 14.4. The highest BCUT2D eigenvalue weighted by Gasteiger charge is 2.08. The van der Waals surface area contributed by atoms with Crippen LogP contribution in [-0.2, 0) is 11.3 Å². The molecular weight excluding hydrogens is 340 g/mol. The van der Waals surface area contributed by atoms with E-state index in [1.165, 1.54) is 16.0 Å². The van der Waals surface area contributed by atoms with E-state index in [9.17, 15) is 4.79 Å². The molecule has 0 heterocycles. The molecule has 0 atom stereocenters. The van der Waals surface area contributed by atoms with Crippen molar-refractivity contribution in [1.29, 1.82) is 0 Å². The van der Waals surface area contributed by atoms with E-state index in [1.807, 2.05) is 24.3 Å². The number of anilines is 1. The molecule has 0 spiro atoms. The largest absolute Gasteiger partial charge is 0.325 e. The average Bonchev–Trinajstić information content (AvgIpc) is 2.55. The van der Waals surface area contributed by atoms with Gasteiger partial charge in [-0.3, -0.25) is 4.79 Å². The normalized spacial score (nSPS) is 10.1. The van der Waals surface area contributed by atoms with Crippen LogP contribution in [0.1, 0.15) is 23.6 Å². The van der Waals surface area contributed by atoms with Gasteiger partial charge >= 0.3 is 0 Å². The number of rotatable bonds is 7. The first-order valence-corrected chi connectivity index (χ1v) is 8.87. The molecule has 2 rings (SSSR count). The van der Waals surface area contributed by atoms with Crippen molar-refractivity contribution < 1.29 is 4.79 Å². The third kappa shape index (κ3) is 6.19. The number of aryl methyl sites for hydroxylation is 2. The van der Waals surface area contributed by atoms with Crippen molar-refractivity contribution in [2.45, 2.75) is 32.2 Å². The maximum absolute atomic E-state index is 12.3. The van der Waals surface area contributed by atoms with Gasteiger partial charge in [-0.1, -0.05) is 42.8 Å². The molecule has 0 fully saturated rings. The SMILES string of the molecule is CCNCc1ccccc1NC(=O)CSc1cc(C)ccc1C.Cl. The van der Waals surface area contributed by atoms with Crippen LogP contribution in [0.3, 0.4) is 0 Å². The van der Waals surface area contributed by atoms with Crippen molar-refractivity contribution in [3.63, 3.8) is 0 Å². The number of carbonyl (C=O) groups is 1. The average molecular weight is 365 g/mol. The van der Waals surface area contributed by atoms with Gasteiger partial charge in [0.1, 0.15) is 0 Å². The van der Waals surface area contributed by atoms with E-state index in [4.69, 9.17) is 0 Å². The summed E-state index contributed by atoms with van der Waals surface area (Å²) >= 11 is 1.58. The molecule has 24 heavy (non-hydrogen) atoms. The van der Waals surface area contributed by atoms with Crippen molar-refractivity contribution in [2.75, 3.05) is 17.6 Å². The van der Waals surface area contributed by atoms with Crippen LogP contribution >= 0.6 is 24.2 Å². The van der Waals surface area contributed by atoms with Gasteiger partial charge in [0.05, 0.1) is 5.75 Å². The number of para-hydroxylation sites is 1. The first-order valence-electron chi connectivity index (χ1n) is 7.88. The van der Waals surface area contributed by atoms with Crippen molar-refractivity contribution in [3.05, 3.63) is 59.2 Å². The van der Waals surface area contributed by atoms with Gasteiger partial charge in [0.2, 0.25) is 5.91 Å². The van der Waals surface area contributed by atoms with Crippen LogP contribution in [0, 0.1) is 13.8 Å². The first kappa shape index (κ1) is 20.6. The Morgan fingerprint density at radius 2 is 1.88 bits per heavy atom. The van der Waals surface area contributed by atoms with E-state index in [0.717, 1.165) is 24.3 Å². The topological polar surface area (TPSA) is 41.1 Å². The van der Waals surface area contributed by atoms with Crippen molar-refractivity contribution in [1.82, 2.24) is 5.32 Å². The summed E-state index contributed by atoms with van der Waals surface area (Å²) in [7, 11) is 0. The lowest BCUT2D eigenvalue weighted by Gasteiger charge is -2.12. The molecule has 0 bridgehead atoms.